The van der Waals surface area contributed by atoms with Gasteiger partial charge in [-0.25, -0.2) is 4.98 Å². The maximum atomic E-state index is 11.4. The Balaban J connectivity index is 2.63. The Kier molecular flexibility index (Phi) is 1.84. The number of hydrogen-bond acceptors (Lipinski definition) is 3. The molecule has 2 heterocycles. The minimum atomic E-state index is -0.123. The van der Waals surface area contributed by atoms with Crippen molar-refractivity contribution in [3.63, 3.8) is 0 Å². The third kappa shape index (κ3) is 1.32. The van der Waals surface area contributed by atoms with E-state index in [1.165, 1.54) is 6.20 Å². The van der Waals surface area contributed by atoms with Crippen LogP contribution in [0.2, 0.25) is 0 Å². The van der Waals surface area contributed by atoms with Crippen LogP contribution in [0, 0.1) is 0 Å². The van der Waals surface area contributed by atoms with Gasteiger partial charge in [-0.1, -0.05) is 6.92 Å². The molecule has 0 aliphatic carbocycles. The van der Waals surface area contributed by atoms with Gasteiger partial charge in [-0.15, -0.1) is 0 Å². The van der Waals surface area contributed by atoms with Gasteiger partial charge in [-0.05, 0) is 6.42 Å². The fourth-order valence-electron chi connectivity index (χ4n) is 1.25. The van der Waals surface area contributed by atoms with Crippen molar-refractivity contribution < 1.29 is 0 Å². The predicted molar refractivity (Wildman–Crippen MR) is 48.5 cm³/mol. The number of aromatic amines is 2. The van der Waals surface area contributed by atoms with Gasteiger partial charge in [0.1, 0.15) is 11.2 Å². The number of nitrogens with one attached hydrogen (secondary N) is 2. The van der Waals surface area contributed by atoms with Crippen molar-refractivity contribution in [3.8, 4) is 0 Å². The number of aromatic nitrogens is 4. The van der Waals surface area contributed by atoms with E-state index in [1.54, 1.807) is 0 Å². The van der Waals surface area contributed by atoms with Crippen LogP contribution in [0.3, 0.4) is 0 Å². The maximum absolute atomic E-state index is 11.4. The van der Waals surface area contributed by atoms with Crippen molar-refractivity contribution in [3.05, 3.63) is 22.4 Å². The van der Waals surface area contributed by atoms with E-state index in [2.05, 4.69) is 20.2 Å². The quantitative estimate of drug-likeness (QED) is 0.707. The molecule has 0 aliphatic heterocycles. The molecule has 0 atom stereocenters. The van der Waals surface area contributed by atoms with Crippen LogP contribution in [0.4, 0.5) is 0 Å². The van der Waals surface area contributed by atoms with E-state index in [1.807, 2.05) is 6.92 Å². The Morgan fingerprint density at radius 3 is 3.15 bits per heavy atom. The first-order chi connectivity index (χ1) is 6.31. The largest absolute Gasteiger partial charge is 0.310 e. The maximum Gasteiger partial charge on any atom is 0.262 e. The fourth-order valence-corrected chi connectivity index (χ4v) is 1.25. The van der Waals surface area contributed by atoms with Crippen LogP contribution in [0.5, 0.6) is 0 Å². The molecule has 0 unspecified atom stereocenters. The van der Waals surface area contributed by atoms with E-state index >= 15 is 0 Å². The highest BCUT2D eigenvalue weighted by molar-refractivity contribution is 5.71. The molecular formula is C8H10N4O. The summed E-state index contributed by atoms with van der Waals surface area (Å²) in [5.74, 6) is 0.712. The van der Waals surface area contributed by atoms with Gasteiger partial charge < -0.3 is 4.98 Å². The van der Waals surface area contributed by atoms with E-state index < -0.39 is 0 Å². The molecule has 0 aromatic carbocycles. The van der Waals surface area contributed by atoms with E-state index in [4.69, 9.17) is 0 Å². The lowest BCUT2D eigenvalue weighted by Gasteiger charge is -1.96. The van der Waals surface area contributed by atoms with Crippen molar-refractivity contribution in [2.75, 3.05) is 0 Å². The van der Waals surface area contributed by atoms with E-state index in [0.717, 1.165) is 12.8 Å². The average molecular weight is 178 g/mol. The molecule has 5 heteroatoms. The average Bonchev–Trinajstić information content (AvgIpc) is 2.53. The molecule has 2 N–H and O–H groups in total. The number of nitrogens with zero attached hydrogens (tertiary/aromatic N) is 2. The Morgan fingerprint density at radius 2 is 2.38 bits per heavy atom. The Bertz CT molecular complexity index is 470. The zero-order valence-corrected chi connectivity index (χ0v) is 7.29. The summed E-state index contributed by atoms with van der Waals surface area (Å²) < 4.78 is 0. The molecule has 0 fully saturated rings. The van der Waals surface area contributed by atoms with E-state index in [9.17, 15) is 4.79 Å². The minimum absolute atomic E-state index is 0.123. The molecular weight excluding hydrogens is 168 g/mol. The van der Waals surface area contributed by atoms with Crippen LogP contribution in [-0.2, 0) is 6.42 Å². The summed E-state index contributed by atoms with van der Waals surface area (Å²) in [5.41, 5.74) is 0.439. The monoisotopic (exact) mass is 178 g/mol. The summed E-state index contributed by atoms with van der Waals surface area (Å²) in [6.45, 7) is 2.04. The first-order valence-electron chi connectivity index (χ1n) is 4.23. The lowest BCUT2D eigenvalue weighted by molar-refractivity contribution is 0.834. The van der Waals surface area contributed by atoms with Gasteiger partial charge >= 0.3 is 0 Å². The second-order valence-corrected chi connectivity index (χ2v) is 2.89. The van der Waals surface area contributed by atoms with Gasteiger partial charge in [-0.2, -0.15) is 5.10 Å². The molecule has 68 valence electrons. The lowest BCUT2D eigenvalue weighted by Crippen LogP contribution is -2.10. The molecule has 0 radical (unpaired) electrons. The van der Waals surface area contributed by atoms with Crippen molar-refractivity contribution in [1.82, 2.24) is 20.2 Å². The summed E-state index contributed by atoms with van der Waals surface area (Å²) in [7, 11) is 0. The first-order valence-corrected chi connectivity index (χ1v) is 4.23. The van der Waals surface area contributed by atoms with Gasteiger partial charge in [0.15, 0.2) is 5.65 Å². The number of fused-ring (bicyclic) bond motifs is 1. The Morgan fingerprint density at radius 1 is 1.54 bits per heavy atom. The van der Waals surface area contributed by atoms with Crippen LogP contribution >= 0.6 is 0 Å². The summed E-state index contributed by atoms with van der Waals surface area (Å²) in [4.78, 5) is 18.3. The molecule has 2 aromatic heterocycles. The summed E-state index contributed by atoms with van der Waals surface area (Å²) >= 11 is 0. The number of H-pyrrole nitrogens is 2. The van der Waals surface area contributed by atoms with Crippen LogP contribution in [0.1, 0.15) is 19.2 Å². The van der Waals surface area contributed by atoms with Crippen molar-refractivity contribution in [1.29, 1.82) is 0 Å². The van der Waals surface area contributed by atoms with Crippen LogP contribution in [0.25, 0.3) is 11.0 Å². The van der Waals surface area contributed by atoms with Gasteiger partial charge in [0.05, 0.1) is 6.20 Å². The SMILES string of the molecule is CCCc1nc2[nH]ncc2c(=O)[nH]1. The van der Waals surface area contributed by atoms with Crippen LogP contribution in [-0.4, -0.2) is 20.2 Å². The summed E-state index contributed by atoms with van der Waals surface area (Å²) in [5, 5.41) is 6.95. The van der Waals surface area contributed by atoms with E-state index in [0.29, 0.717) is 16.9 Å². The molecule has 0 aliphatic rings. The highest BCUT2D eigenvalue weighted by Gasteiger charge is 2.03. The molecule has 0 bridgehead atoms. The molecule has 0 amide bonds. The highest BCUT2D eigenvalue weighted by Crippen LogP contribution is 2.01. The van der Waals surface area contributed by atoms with Gasteiger partial charge in [0.2, 0.25) is 0 Å². The second kappa shape index (κ2) is 3.01. The fraction of sp³-hybridized carbons (Fsp3) is 0.375. The first kappa shape index (κ1) is 7.97. The van der Waals surface area contributed by atoms with Crippen molar-refractivity contribution in [2.24, 2.45) is 0 Å². The number of hydrogen-bond donors (Lipinski definition) is 2. The Labute approximate surface area is 74.2 Å². The molecule has 2 rings (SSSR count). The van der Waals surface area contributed by atoms with Crippen LogP contribution < -0.4 is 5.56 Å². The standard InChI is InChI=1S/C8H10N4O/c1-2-3-6-10-7-5(4-9-12-7)8(13)11-6/h4H,2-3H2,1H3,(H2,9,10,11,12,13). The lowest BCUT2D eigenvalue weighted by atomic mass is 10.3. The Hall–Kier alpha value is -1.65. The second-order valence-electron chi connectivity index (χ2n) is 2.89. The highest BCUT2D eigenvalue weighted by atomic mass is 16.1. The third-order valence-corrected chi connectivity index (χ3v) is 1.86. The zero-order chi connectivity index (χ0) is 9.26. The predicted octanol–water partition coefficient (Wildman–Crippen LogP) is 0.599. The number of aryl methyl sites for hydroxylation is 1. The summed E-state index contributed by atoms with van der Waals surface area (Å²) in [6.07, 6.45) is 3.23. The molecule has 2 aromatic rings. The molecule has 0 saturated heterocycles. The molecule has 0 saturated carbocycles. The smallest absolute Gasteiger partial charge is 0.262 e. The third-order valence-electron chi connectivity index (χ3n) is 1.86. The van der Waals surface area contributed by atoms with Crippen molar-refractivity contribution in [2.45, 2.75) is 19.8 Å². The normalized spacial score (nSPS) is 10.8. The molecule has 5 nitrogen and oxygen atoms in total. The van der Waals surface area contributed by atoms with Gasteiger partial charge in [0.25, 0.3) is 5.56 Å². The molecule has 13 heavy (non-hydrogen) atoms. The van der Waals surface area contributed by atoms with E-state index in [-0.39, 0.29) is 5.56 Å². The van der Waals surface area contributed by atoms with Gasteiger partial charge in [-0.3, -0.25) is 9.89 Å². The molecule has 0 spiro atoms. The number of rotatable bonds is 2. The van der Waals surface area contributed by atoms with Gasteiger partial charge in [0, 0.05) is 6.42 Å². The summed E-state index contributed by atoms with van der Waals surface area (Å²) in [6, 6.07) is 0. The topological polar surface area (TPSA) is 74.4 Å². The van der Waals surface area contributed by atoms with Crippen LogP contribution in [0.15, 0.2) is 11.0 Å². The van der Waals surface area contributed by atoms with Crippen molar-refractivity contribution >= 4 is 11.0 Å². The zero-order valence-electron chi connectivity index (χ0n) is 7.29. The minimum Gasteiger partial charge on any atom is -0.310 e.